The van der Waals surface area contributed by atoms with Gasteiger partial charge in [0.1, 0.15) is 6.10 Å². The van der Waals surface area contributed by atoms with Crippen LogP contribution in [0.5, 0.6) is 0 Å². The van der Waals surface area contributed by atoms with Crippen molar-refractivity contribution in [1.82, 2.24) is 4.57 Å². The standard InChI is InChI=1S/C46H38N2O/c1-2-10-31(11-3-1)47-40-15-7-4-12-33(40)39-28-30(20-26-42(39)47)29-18-21-32(22-19-29)48-41-16-8-5-14-38(41)45-35-23-24-36-34-13-6-9-17-44(34)49-46(36)37(35)25-27-43(45)48/h1-5,7-8,10-12,14-28,34-37,39,42,46H,6,9,13H2. The molecule has 0 radical (unpaired) electrons. The van der Waals surface area contributed by atoms with Crippen molar-refractivity contribution in [3.8, 4) is 5.69 Å². The Balaban J connectivity index is 0.947. The molecule has 1 aromatic heterocycles. The average molecular weight is 635 g/mol. The Bertz CT molecular complexity index is 2280. The molecule has 1 saturated heterocycles. The summed E-state index contributed by atoms with van der Waals surface area (Å²) >= 11 is 0. The summed E-state index contributed by atoms with van der Waals surface area (Å²) in [6.07, 6.45) is 23.4. The van der Waals surface area contributed by atoms with Crippen LogP contribution < -0.4 is 4.90 Å². The van der Waals surface area contributed by atoms with E-state index in [-0.39, 0.29) is 12.1 Å². The van der Waals surface area contributed by atoms with E-state index >= 15 is 0 Å². The smallest absolute Gasteiger partial charge is 0.112 e. The highest BCUT2D eigenvalue weighted by Gasteiger charge is 2.49. The van der Waals surface area contributed by atoms with Crippen molar-refractivity contribution in [1.29, 1.82) is 0 Å². The number of anilines is 2. The van der Waals surface area contributed by atoms with Crippen LogP contribution in [0.2, 0.25) is 0 Å². The van der Waals surface area contributed by atoms with Gasteiger partial charge in [0, 0.05) is 52.0 Å². The van der Waals surface area contributed by atoms with E-state index in [1.807, 2.05) is 0 Å². The first-order valence-corrected chi connectivity index (χ1v) is 18.1. The quantitative estimate of drug-likeness (QED) is 0.184. The molecule has 0 saturated carbocycles. The first-order chi connectivity index (χ1) is 24.3. The predicted molar refractivity (Wildman–Crippen MR) is 200 cm³/mol. The monoisotopic (exact) mass is 634 g/mol. The summed E-state index contributed by atoms with van der Waals surface area (Å²) in [7, 11) is 0. The van der Waals surface area contributed by atoms with Crippen LogP contribution in [0.25, 0.3) is 28.2 Å². The van der Waals surface area contributed by atoms with Crippen LogP contribution in [0.4, 0.5) is 11.4 Å². The molecule has 2 aliphatic heterocycles. The Morgan fingerprint density at radius 1 is 0.673 bits per heavy atom. The van der Waals surface area contributed by atoms with E-state index < -0.39 is 0 Å². The minimum Gasteiger partial charge on any atom is -0.494 e. The van der Waals surface area contributed by atoms with E-state index in [4.69, 9.17) is 4.74 Å². The molecule has 11 rings (SSSR count). The molecule has 4 aromatic carbocycles. The van der Waals surface area contributed by atoms with Gasteiger partial charge in [0.25, 0.3) is 0 Å². The maximum atomic E-state index is 6.74. The maximum Gasteiger partial charge on any atom is 0.112 e. The summed E-state index contributed by atoms with van der Waals surface area (Å²) in [6, 6.07) is 38.2. The fourth-order valence-electron chi connectivity index (χ4n) is 10.0. The van der Waals surface area contributed by atoms with Crippen LogP contribution in [0.15, 0.2) is 151 Å². The van der Waals surface area contributed by atoms with Crippen molar-refractivity contribution in [3.63, 3.8) is 0 Å². The Morgan fingerprint density at radius 2 is 1.51 bits per heavy atom. The summed E-state index contributed by atoms with van der Waals surface area (Å²) in [5, 5.41) is 1.35. The number of allylic oxidation sites excluding steroid dienone is 5. The van der Waals surface area contributed by atoms with Gasteiger partial charge in [-0.15, -0.1) is 0 Å². The summed E-state index contributed by atoms with van der Waals surface area (Å²) in [5.74, 6) is 3.32. The molecule has 6 aliphatic rings. The van der Waals surface area contributed by atoms with Crippen LogP contribution in [0.3, 0.4) is 0 Å². The molecule has 7 atom stereocenters. The second-order valence-corrected chi connectivity index (χ2v) is 14.6. The Morgan fingerprint density at radius 3 is 2.43 bits per heavy atom. The third-order valence-electron chi connectivity index (χ3n) is 12.2. The molecule has 5 aromatic rings. The van der Waals surface area contributed by atoms with Gasteiger partial charge in [-0.1, -0.05) is 103 Å². The normalized spacial score (nSPS) is 28.5. The number of ether oxygens (including phenoxy) is 1. The third-order valence-corrected chi connectivity index (χ3v) is 12.2. The minimum absolute atomic E-state index is 0.234. The number of hydrogen-bond acceptors (Lipinski definition) is 2. The average Bonchev–Trinajstić information content (AvgIpc) is 3.83. The second kappa shape index (κ2) is 10.6. The molecule has 3 heterocycles. The molecule has 0 N–H and O–H groups in total. The fraction of sp³-hybridized carbons (Fsp3) is 0.217. The molecular weight excluding hydrogens is 597 g/mol. The van der Waals surface area contributed by atoms with Gasteiger partial charge in [-0.25, -0.2) is 0 Å². The van der Waals surface area contributed by atoms with Gasteiger partial charge in [-0.3, -0.25) is 0 Å². The topological polar surface area (TPSA) is 17.4 Å². The van der Waals surface area contributed by atoms with Gasteiger partial charge in [-0.05, 0) is 90.1 Å². The number of fused-ring (bicyclic) bond motifs is 12. The van der Waals surface area contributed by atoms with Gasteiger partial charge >= 0.3 is 0 Å². The highest BCUT2D eigenvalue weighted by molar-refractivity contribution is 5.92. The van der Waals surface area contributed by atoms with E-state index in [9.17, 15) is 0 Å². The molecule has 1 fully saturated rings. The number of benzene rings is 4. The molecule has 7 unspecified atom stereocenters. The molecular formula is C46H38N2O. The van der Waals surface area contributed by atoms with Gasteiger partial charge in [0.05, 0.1) is 23.0 Å². The van der Waals surface area contributed by atoms with E-state index in [1.54, 1.807) is 0 Å². The lowest BCUT2D eigenvalue weighted by Gasteiger charge is -2.36. The van der Waals surface area contributed by atoms with Crippen LogP contribution in [0, 0.1) is 17.8 Å². The van der Waals surface area contributed by atoms with E-state index in [0.29, 0.717) is 29.6 Å². The van der Waals surface area contributed by atoms with Crippen molar-refractivity contribution < 1.29 is 4.74 Å². The van der Waals surface area contributed by atoms with Crippen LogP contribution in [-0.2, 0) is 4.74 Å². The van der Waals surface area contributed by atoms with Gasteiger partial charge < -0.3 is 14.2 Å². The number of nitrogens with zero attached hydrogens (tertiary/aromatic N) is 2. The van der Waals surface area contributed by atoms with Crippen LogP contribution in [-0.4, -0.2) is 16.7 Å². The molecule has 0 amide bonds. The van der Waals surface area contributed by atoms with Crippen molar-refractivity contribution >= 4 is 33.9 Å². The first-order valence-electron chi connectivity index (χ1n) is 18.1. The lowest BCUT2D eigenvalue weighted by molar-refractivity contribution is 0.0912. The molecule has 238 valence electrons. The molecule has 49 heavy (non-hydrogen) atoms. The largest absolute Gasteiger partial charge is 0.494 e. The predicted octanol–water partition coefficient (Wildman–Crippen LogP) is 10.9. The van der Waals surface area contributed by atoms with E-state index in [2.05, 4.69) is 161 Å². The maximum absolute atomic E-state index is 6.74. The Labute approximate surface area is 287 Å². The van der Waals surface area contributed by atoms with Gasteiger partial charge in [0.2, 0.25) is 0 Å². The summed E-state index contributed by atoms with van der Waals surface area (Å²) < 4.78 is 9.22. The number of hydrogen-bond donors (Lipinski definition) is 0. The van der Waals surface area contributed by atoms with E-state index in [0.717, 1.165) is 6.42 Å². The van der Waals surface area contributed by atoms with Crippen LogP contribution in [0.1, 0.15) is 53.5 Å². The first kappa shape index (κ1) is 27.6. The number of aromatic nitrogens is 1. The number of rotatable bonds is 3. The minimum atomic E-state index is 0.234. The molecule has 3 heteroatoms. The van der Waals surface area contributed by atoms with Crippen molar-refractivity contribution in [2.75, 3.05) is 4.90 Å². The lowest BCUT2D eigenvalue weighted by Crippen LogP contribution is -2.34. The Hall–Kier alpha value is -5.28. The fourth-order valence-corrected chi connectivity index (χ4v) is 10.0. The van der Waals surface area contributed by atoms with Gasteiger partial charge in [0.15, 0.2) is 0 Å². The van der Waals surface area contributed by atoms with Crippen molar-refractivity contribution in [2.45, 2.75) is 43.2 Å². The molecule has 0 spiro atoms. The third kappa shape index (κ3) is 4.02. The van der Waals surface area contributed by atoms with Crippen LogP contribution >= 0.6 is 0 Å². The highest BCUT2D eigenvalue weighted by atomic mass is 16.5. The molecule has 3 nitrogen and oxygen atoms in total. The highest BCUT2D eigenvalue weighted by Crippen LogP contribution is 2.54. The summed E-state index contributed by atoms with van der Waals surface area (Å²) in [5.41, 5.74) is 11.7. The second-order valence-electron chi connectivity index (χ2n) is 14.6. The van der Waals surface area contributed by atoms with Gasteiger partial charge in [-0.2, -0.15) is 0 Å². The van der Waals surface area contributed by atoms with Crippen molar-refractivity contribution in [3.05, 3.63) is 174 Å². The SMILES string of the molecule is C1=CC2C(C=C1c1ccc(-n3c4c(c5ccccc53)C3C=CC5C6CCCC=C6OC5C3C=C4)cc1)c1ccccc1N2c1ccccc1. The van der Waals surface area contributed by atoms with E-state index in [1.165, 1.54) is 74.5 Å². The zero-order valence-corrected chi connectivity index (χ0v) is 27.4. The number of para-hydroxylation sites is 3. The van der Waals surface area contributed by atoms with Crippen molar-refractivity contribution in [2.24, 2.45) is 17.8 Å². The molecule has 4 aliphatic carbocycles. The summed E-state index contributed by atoms with van der Waals surface area (Å²) in [4.78, 5) is 2.50. The lowest BCUT2D eigenvalue weighted by atomic mass is 9.68. The summed E-state index contributed by atoms with van der Waals surface area (Å²) in [6.45, 7) is 0. The zero-order valence-electron chi connectivity index (χ0n) is 27.4. The Kier molecular flexibility index (Phi) is 5.99. The zero-order chi connectivity index (χ0) is 32.1. The molecule has 0 bridgehead atoms.